The minimum atomic E-state index is -0.0365. The number of nitrogens with one attached hydrogen (secondary N) is 1. The summed E-state index contributed by atoms with van der Waals surface area (Å²) >= 11 is 1.37. The monoisotopic (exact) mass is 414 g/mol. The van der Waals surface area contributed by atoms with Crippen LogP contribution in [-0.2, 0) is 9.59 Å². The lowest BCUT2D eigenvalue weighted by Crippen LogP contribution is -2.25. The van der Waals surface area contributed by atoms with E-state index in [0.717, 1.165) is 41.9 Å². The number of nitrogens with zero attached hydrogens (tertiary/aromatic N) is 3. The Morgan fingerprint density at radius 1 is 1.24 bits per heavy atom. The second-order valence-electron chi connectivity index (χ2n) is 7.85. The van der Waals surface area contributed by atoms with Gasteiger partial charge in [0.2, 0.25) is 16.9 Å². The number of carbonyl (C=O) groups excluding carboxylic acids is 2. The summed E-state index contributed by atoms with van der Waals surface area (Å²) in [6.45, 7) is 2.52. The lowest BCUT2D eigenvalue weighted by atomic mass is 9.89. The topological polar surface area (TPSA) is 84.4 Å². The molecule has 29 heavy (non-hydrogen) atoms. The molecule has 0 unspecified atom stereocenters. The zero-order valence-electron chi connectivity index (χ0n) is 16.8. The molecule has 2 aromatic rings. The van der Waals surface area contributed by atoms with Gasteiger partial charge in [0.05, 0.1) is 12.8 Å². The summed E-state index contributed by atoms with van der Waals surface area (Å²) in [5.74, 6) is 0.809. The van der Waals surface area contributed by atoms with Gasteiger partial charge < -0.3 is 15.0 Å². The molecule has 0 radical (unpaired) electrons. The number of anilines is 2. The van der Waals surface area contributed by atoms with Crippen molar-refractivity contribution in [3.63, 3.8) is 0 Å². The van der Waals surface area contributed by atoms with Crippen molar-refractivity contribution in [2.45, 2.75) is 51.4 Å². The summed E-state index contributed by atoms with van der Waals surface area (Å²) in [4.78, 5) is 26.9. The van der Waals surface area contributed by atoms with Gasteiger partial charge in [-0.25, -0.2) is 0 Å². The molecule has 4 rings (SSSR count). The van der Waals surface area contributed by atoms with Crippen LogP contribution in [0, 0.1) is 12.8 Å². The van der Waals surface area contributed by atoms with Gasteiger partial charge in [0.1, 0.15) is 10.8 Å². The van der Waals surface area contributed by atoms with Crippen LogP contribution >= 0.6 is 11.3 Å². The fourth-order valence-corrected chi connectivity index (χ4v) is 4.98. The molecule has 2 amide bonds. The molecule has 2 aliphatic rings. The Kier molecular flexibility index (Phi) is 5.80. The van der Waals surface area contributed by atoms with E-state index in [1.54, 1.807) is 12.0 Å². The van der Waals surface area contributed by atoms with Crippen LogP contribution in [0.15, 0.2) is 18.2 Å². The highest BCUT2D eigenvalue weighted by Gasteiger charge is 2.35. The first-order chi connectivity index (χ1) is 14.0. The summed E-state index contributed by atoms with van der Waals surface area (Å²) in [6, 6.07) is 5.82. The molecule has 2 fully saturated rings. The quantitative estimate of drug-likeness (QED) is 0.802. The summed E-state index contributed by atoms with van der Waals surface area (Å²) in [5, 5.41) is 12.6. The highest BCUT2D eigenvalue weighted by atomic mass is 32.1. The highest BCUT2D eigenvalue weighted by molar-refractivity contribution is 7.15. The van der Waals surface area contributed by atoms with Gasteiger partial charge in [-0.05, 0) is 37.5 Å². The van der Waals surface area contributed by atoms with Crippen molar-refractivity contribution in [2.24, 2.45) is 5.92 Å². The van der Waals surface area contributed by atoms with Gasteiger partial charge in [0, 0.05) is 24.8 Å². The van der Waals surface area contributed by atoms with E-state index >= 15 is 0 Å². The van der Waals surface area contributed by atoms with Crippen LogP contribution in [0.1, 0.15) is 55.0 Å². The van der Waals surface area contributed by atoms with Crippen molar-refractivity contribution in [3.8, 4) is 5.75 Å². The number of hydrogen-bond donors (Lipinski definition) is 1. The third-order valence-electron chi connectivity index (χ3n) is 5.75. The Labute approximate surface area is 174 Å². The zero-order chi connectivity index (χ0) is 20.4. The molecule has 1 saturated heterocycles. The average Bonchev–Trinajstić information content (AvgIpc) is 3.35. The molecule has 1 saturated carbocycles. The smallest absolute Gasteiger partial charge is 0.229 e. The number of aromatic nitrogens is 2. The van der Waals surface area contributed by atoms with Crippen molar-refractivity contribution in [1.82, 2.24) is 10.2 Å². The minimum Gasteiger partial charge on any atom is -0.495 e. The standard InChI is InChI=1S/C21H26N4O3S/c1-13-8-9-17(28-2)16(10-13)25-12-15(11-18(25)26)20-23-24-21(29-20)22-19(27)14-6-4-3-5-7-14/h8-10,14-15H,3-7,11-12H2,1-2H3,(H,22,24,27)/t15-/m1/s1. The number of benzene rings is 1. The van der Waals surface area contributed by atoms with Gasteiger partial charge in [0.25, 0.3) is 0 Å². The Balaban J connectivity index is 1.45. The molecule has 2 heterocycles. The summed E-state index contributed by atoms with van der Waals surface area (Å²) in [6.07, 6.45) is 5.71. The Morgan fingerprint density at radius 2 is 2.03 bits per heavy atom. The lowest BCUT2D eigenvalue weighted by Gasteiger charge is -2.20. The number of carbonyl (C=O) groups is 2. The van der Waals surface area contributed by atoms with Crippen LogP contribution in [0.3, 0.4) is 0 Å². The van der Waals surface area contributed by atoms with E-state index in [4.69, 9.17) is 4.74 Å². The van der Waals surface area contributed by atoms with Crippen LogP contribution in [0.4, 0.5) is 10.8 Å². The van der Waals surface area contributed by atoms with Crippen molar-refractivity contribution in [1.29, 1.82) is 0 Å². The molecular weight excluding hydrogens is 388 g/mol. The van der Waals surface area contributed by atoms with E-state index in [1.165, 1.54) is 17.8 Å². The molecule has 0 bridgehead atoms. The number of methoxy groups -OCH3 is 1. The van der Waals surface area contributed by atoms with E-state index in [9.17, 15) is 9.59 Å². The molecule has 1 N–H and O–H groups in total. The second-order valence-corrected chi connectivity index (χ2v) is 8.86. The molecule has 154 valence electrons. The zero-order valence-corrected chi connectivity index (χ0v) is 17.6. The van der Waals surface area contributed by atoms with Crippen molar-refractivity contribution < 1.29 is 14.3 Å². The molecule has 1 aliphatic carbocycles. The van der Waals surface area contributed by atoms with Gasteiger partial charge in [0.15, 0.2) is 0 Å². The maximum atomic E-state index is 12.7. The molecule has 7 nitrogen and oxygen atoms in total. The van der Waals surface area contributed by atoms with Gasteiger partial charge in [-0.15, -0.1) is 10.2 Å². The van der Waals surface area contributed by atoms with Crippen LogP contribution in [0.5, 0.6) is 5.75 Å². The largest absolute Gasteiger partial charge is 0.495 e. The van der Waals surface area contributed by atoms with Crippen LogP contribution in [0.2, 0.25) is 0 Å². The predicted molar refractivity (Wildman–Crippen MR) is 113 cm³/mol. The van der Waals surface area contributed by atoms with Gasteiger partial charge in [-0.3, -0.25) is 9.59 Å². The summed E-state index contributed by atoms with van der Waals surface area (Å²) in [5.41, 5.74) is 1.86. The number of rotatable bonds is 5. The fraction of sp³-hybridized carbons (Fsp3) is 0.524. The fourth-order valence-electron chi connectivity index (χ4n) is 4.14. The SMILES string of the molecule is COc1ccc(C)cc1N1C[C@H](c2nnc(NC(=O)C3CCCCC3)s2)CC1=O. The maximum Gasteiger partial charge on any atom is 0.229 e. The van der Waals surface area contributed by atoms with E-state index in [2.05, 4.69) is 15.5 Å². The van der Waals surface area contributed by atoms with Crippen molar-refractivity contribution >= 4 is 34.0 Å². The molecule has 8 heteroatoms. The van der Waals surface area contributed by atoms with Crippen molar-refractivity contribution in [2.75, 3.05) is 23.9 Å². The lowest BCUT2D eigenvalue weighted by molar-refractivity contribution is -0.120. The number of hydrogen-bond acceptors (Lipinski definition) is 6. The molecule has 0 spiro atoms. The Morgan fingerprint density at radius 3 is 2.79 bits per heavy atom. The first-order valence-corrected chi connectivity index (χ1v) is 11.0. The van der Waals surface area contributed by atoms with E-state index in [-0.39, 0.29) is 23.7 Å². The third kappa shape index (κ3) is 4.27. The van der Waals surface area contributed by atoms with Crippen LogP contribution in [-0.4, -0.2) is 35.7 Å². The Hall–Kier alpha value is -2.48. The first kappa shape index (κ1) is 19.8. The average molecular weight is 415 g/mol. The minimum absolute atomic E-state index is 0.0365. The van der Waals surface area contributed by atoms with E-state index in [1.807, 2.05) is 25.1 Å². The number of aryl methyl sites for hydroxylation is 1. The molecule has 1 aromatic carbocycles. The highest BCUT2D eigenvalue weighted by Crippen LogP contribution is 2.38. The van der Waals surface area contributed by atoms with Gasteiger partial charge in [-0.2, -0.15) is 0 Å². The van der Waals surface area contributed by atoms with E-state index in [0.29, 0.717) is 23.8 Å². The molecule has 1 aromatic heterocycles. The number of amides is 2. The molecule has 1 aliphatic heterocycles. The Bertz CT molecular complexity index is 907. The maximum absolute atomic E-state index is 12.7. The summed E-state index contributed by atoms with van der Waals surface area (Å²) < 4.78 is 5.44. The van der Waals surface area contributed by atoms with E-state index < -0.39 is 0 Å². The van der Waals surface area contributed by atoms with Crippen LogP contribution in [0.25, 0.3) is 0 Å². The number of ether oxygens (including phenoxy) is 1. The van der Waals surface area contributed by atoms with Gasteiger partial charge >= 0.3 is 0 Å². The second kappa shape index (κ2) is 8.49. The molecular formula is C21H26N4O3S. The van der Waals surface area contributed by atoms with Crippen molar-refractivity contribution in [3.05, 3.63) is 28.8 Å². The third-order valence-corrected chi connectivity index (χ3v) is 6.75. The predicted octanol–water partition coefficient (Wildman–Crippen LogP) is 3.89. The molecule has 1 atom stereocenters. The summed E-state index contributed by atoms with van der Waals surface area (Å²) in [7, 11) is 1.61. The normalized spacial score (nSPS) is 20.1. The van der Waals surface area contributed by atoms with Gasteiger partial charge in [-0.1, -0.05) is 36.7 Å². The van der Waals surface area contributed by atoms with Crippen LogP contribution < -0.4 is 15.0 Å². The first-order valence-electron chi connectivity index (χ1n) is 10.1.